The van der Waals surface area contributed by atoms with Crippen molar-refractivity contribution in [3.63, 3.8) is 0 Å². The Labute approximate surface area is 159 Å². The van der Waals surface area contributed by atoms with E-state index < -0.39 is 0 Å². The summed E-state index contributed by atoms with van der Waals surface area (Å²) >= 11 is 6.29. The average Bonchev–Trinajstić information content (AvgIpc) is 3.03. The molecule has 142 valence electrons. The van der Waals surface area contributed by atoms with Crippen molar-refractivity contribution < 1.29 is 19.0 Å². The number of benzene rings is 1. The maximum absolute atomic E-state index is 12.3. The van der Waals surface area contributed by atoms with Crippen molar-refractivity contribution in [2.24, 2.45) is 0 Å². The molecule has 3 rings (SSSR count). The van der Waals surface area contributed by atoms with Crippen LogP contribution in [-0.4, -0.2) is 36.6 Å². The molecule has 0 spiro atoms. The molecule has 1 fully saturated rings. The summed E-state index contributed by atoms with van der Waals surface area (Å²) in [7, 11) is 0. The summed E-state index contributed by atoms with van der Waals surface area (Å²) in [5.74, 6) is -0.313. The van der Waals surface area contributed by atoms with E-state index in [1.807, 2.05) is 35.8 Å². The summed E-state index contributed by atoms with van der Waals surface area (Å²) < 4.78 is 18.6. The third-order valence-corrected chi connectivity index (χ3v) is 4.92. The monoisotopic (exact) mass is 379 g/mol. The lowest BCUT2D eigenvalue weighted by atomic mass is 10.2. The van der Waals surface area contributed by atoms with Crippen LogP contribution in [0.4, 0.5) is 0 Å². The van der Waals surface area contributed by atoms with E-state index in [-0.39, 0.29) is 12.3 Å². The van der Waals surface area contributed by atoms with E-state index in [1.165, 1.54) is 6.42 Å². The van der Waals surface area contributed by atoms with Gasteiger partial charge in [0.05, 0.1) is 12.1 Å². The lowest BCUT2D eigenvalue weighted by Gasteiger charge is -2.22. The molecule has 1 aliphatic rings. The van der Waals surface area contributed by atoms with Gasteiger partial charge in [0.1, 0.15) is 5.69 Å². The van der Waals surface area contributed by atoms with Crippen LogP contribution in [0, 0.1) is 0 Å². The fourth-order valence-corrected chi connectivity index (χ4v) is 3.52. The van der Waals surface area contributed by atoms with Gasteiger partial charge in [-0.05, 0) is 57.2 Å². The highest BCUT2D eigenvalue weighted by Crippen LogP contribution is 2.28. The number of esters is 1. The van der Waals surface area contributed by atoms with E-state index >= 15 is 0 Å². The van der Waals surface area contributed by atoms with Crippen molar-refractivity contribution in [2.75, 3.05) is 19.8 Å². The topological polar surface area (TPSA) is 49.7 Å². The summed E-state index contributed by atoms with van der Waals surface area (Å²) in [6.07, 6.45) is 5.03. The smallest absolute Gasteiger partial charge is 0.354 e. The highest BCUT2D eigenvalue weighted by molar-refractivity contribution is 6.35. The normalized spacial score (nSPS) is 17.5. The number of hydrogen-bond donors (Lipinski definition) is 0. The molecular weight excluding hydrogens is 354 g/mol. The molecule has 1 aromatic heterocycles. The second-order valence-corrected chi connectivity index (χ2v) is 6.86. The first-order valence-corrected chi connectivity index (χ1v) is 9.76. The third kappa shape index (κ3) is 4.58. The van der Waals surface area contributed by atoms with E-state index in [2.05, 4.69) is 0 Å². The summed E-state index contributed by atoms with van der Waals surface area (Å²) in [5, 5.41) is 1.52. The largest absolute Gasteiger partial charge is 0.461 e. The van der Waals surface area contributed by atoms with Crippen LogP contribution in [0.3, 0.4) is 0 Å². The van der Waals surface area contributed by atoms with Gasteiger partial charge in [-0.15, -0.1) is 0 Å². The molecule has 0 amide bonds. The van der Waals surface area contributed by atoms with Crippen molar-refractivity contribution in [1.82, 2.24) is 4.57 Å². The SMILES string of the molecule is CCOC(=O)c1cc2c(Cl)cccc2n1CCCCOC1CCCCO1. The van der Waals surface area contributed by atoms with E-state index in [0.717, 1.165) is 43.2 Å². The number of rotatable bonds is 8. The van der Waals surface area contributed by atoms with Gasteiger partial charge in [0.2, 0.25) is 0 Å². The molecule has 0 N–H and O–H groups in total. The first-order valence-electron chi connectivity index (χ1n) is 9.38. The van der Waals surface area contributed by atoms with Crippen LogP contribution in [0.2, 0.25) is 5.02 Å². The van der Waals surface area contributed by atoms with Crippen molar-refractivity contribution in [1.29, 1.82) is 0 Å². The van der Waals surface area contributed by atoms with Gasteiger partial charge in [-0.3, -0.25) is 0 Å². The fourth-order valence-electron chi connectivity index (χ4n) is 3.29. The van der Waals surface area contributed by atoms with Crippen molar-refractivity contribution >= 4 is 28.5 Å². The van der Waals surface area contributed by atoms with Gasteiger partial charge in [0.25, 0.3) is 0 Å². The number of nitrogens with zero attached hydrogens (tertiary/aromatic N) is 1. The van der Waals surface area contributed by atoms with Gasteiger partial charge in [-0.1, -0.05) is 17.7 Å². The lowest BCUT2D eigenvalue weighted by Crippen LogP contribution is -2.22. The Kier molecular flexibility index (Phi) is 6.94. The molecule has 1 saturated heterocycles. The van der Waals surface area contributed by atoms with Crippen LogP contribution in [0.5, 0.6) is 0 Å². The fraction of sp³-hybridized carbons (Fsp3) is 0.550. The second kappa shape index (κ2) is 9.40. The summed E-state index contributed by atoms with van der Waals surface area (Å²) in [6.45, 7) is 4.34. The van der Waals surface area contributed by atoms with E-state index in [9.17, 15) is 4.79 Å². The second-order valence-electron chi connectivity index (χ2n) is 6.45. The highest BCUT2D eigenvalue weighted by Gasteiger charge is 2.18. The highest BCUT2D eigenvalue weighted by atomic mass is 35.5. The van der Waals surface area contributed by atoms with Gasteiger partial charge in [-0.2, -0.15) is 0 Å². The lowest BCUT2D eigenvalue weighted by molar-refractivity contribution is -0.162. The zero-order valence-corrected chi connectivity index (χ0v) is 16.0. The molecule has 2 heterocycles. The van der Waals surface area contributed by atoms with Crippen molar-refractivity contribution in [3.05, 3.63) is 35.0 Å². The maximum Gasteiger partial charge on any atom is 0.354 e. The molecule has 2 aromatic rings. The Balaban J connectivity index is 1.63. The number of carbonyl (C=O) groups is 1. The van der Waals surface area contributed by atoms with E-state index in [4.69, 9.17) is 25.8 Å². The Morgan fingerprint density at radius 3 is 3.00 bits per heavy atom. The van der Waals surface area contributed by atoms with Gasteiger partial charge >= 0.3 is 5.97 Å². The molecule has 0 aliphatic carbocycles. The predicted molar refractivity (Wildman–Crippen MR) is 102 cm³/mol. The van der Waals surface area contributed by atoms with Gasteiger partial charge in [-0.25, -0.2) is 4.79 Å². The van der Waals surface area contributed by atoms with Crippen LogP contribution >= 0.6 is 11.6 Å². The number of fused-ring (bicyclic) bond motifs is 1. The van der Waals surface area contributed by atoms with Gasteiger partial charge < -0.3 is 18.8 Å². The molecule has 5 nitrogen and oxygen atoms in total. The number of halogens is 1. The summed E-state index contributed by atoms with van der Waals surface area (Å²) in [6, 6.07) is 7.54. The number of carbonyl (C=O) groups excluding carboxylic acids is 1. The Morgan fingerprint density at radius 1 is 1.35 bits per heavy atom. The Hall–Kier alpha value is -1.56. The van der Waals surface area contributed by atoms with Crippen LogP contribution in [-0.2, 0) is 20.8 Å². The number of unbranched alkanes of at least 4 members (excludes halogenated alkanes) is 1. The molecule has 6 heteroatoms. The Bertz CT molecular complexity index is 737. The number of hydrogen-bond acceptors (Lipinski definition) is 4. The minimum absolute atomic E-state index is 0.0509. The van der Waals surface area contributed by atoms with Crippen LogP contribution in [0.1, 0.15) is 49.5 Å². The molecule has 1 aromatic carbocycles. The number of aryl methyl sites for hydroxylation is 1. The van der Waals surface area contributed by atoms with Crippen molar-refractivity contribution in [2.45, 2.75) is 51.9 Å². The standard InChI is InChI=1S/C20H26ClNO4/c1-2-24-20(23)18-14-15-16(21)8-7-9-17(15)22(18)11-4-6-13-26-19-10-3-5-12-25-19/h7-9,14,19H,2-6,10-13H2,1H3. The van der Waals surface area contributed by atoms with E-state index in [1.54, 1.807) is 0 Å². The van der Waals surface area contributed by atoms with Gasteiger partial charge in [0, 0.05) is 30.2 Å². The van der Waals surface area contributed by atoms with E-state index in [0.29, 0.717) is 30.5 Å². The number of ether oxygens (including phenoxy) is 3. The molecule has 1 atom stereocenters. The van der Waals surface area contributed by atoms with Gasteiger partial charge in [0.15, 0.2) is 6.29 Å². The first-order chi connectivity index (χ1) is 12.7. The predicted octanol–water partition coefficient (Wildman–Crippen LogP) is 4.79. The molecule has 0 saturated carbocycles. The third-order valence-electron chi connectivity index (χ3n) is 4.59. The summed E-state index contributed by atoms with van der Waals surface area (Å²) in [4.78, 5) is 12.3. The molecule has 1 unspecified atom stereocenters. The first kappa shape index (κ1) is 19.2. The molecule has 26 heavy (non-hydrogen) atoms. The van der Waals surface area contributed by atoms with Crippen LogP contribution in [0.15, 0.2) is 24.3 Å². The minimum Gasteiger partial charge on any atom is -0.461 e. The Morgan fingerprint density at radius 2 is 2.23 bits per heavy atom. The maximum atomic E-state index is 12.3. The average molecular weight is 380 g/mol. The van der Waals surface area contributed by atoms with Crippen LogP contribution in [0.25, 0.3) is 10.9 Å². The zero-order valence-electron chi connectivity index (χ0n) is 15.2. The zero-order chi connectivity index (χ0) is 18.4. The minimum atomic E-state index is -0.313. The number of aromatic nitrogens is 1. The van der Waals surface area contributed by atoms with Crippen molar-refractivity contribution in [3.8, 4) is 0 Å². The molecule has 1 aliphatic heterocycles. The summed E-state index contributed by atoms with van der Waals surface area (Å²) in [5.41, 5.74) is 1.50. The molecule has 0 radical (unpaired) electrons. The molecule has 0 bridgehead atoms. The van der Waals surface area contributed by atoms with Crippen LogP contribution < -0.4 is 0 Å². The quantitative estimate of drug-likeness (QED) is 0.488. The molecular formula is C20H26ClNO4.